The Labute approximate surface area is 189 Å². The van der Waals surface area contributed by atoms with E-state index in [1.165, 1.54) is 0 Å². The van der Waals surface area contributed by atoms with Crippen molar-refractivity contribution in [3.63, 3.8) is 0 Å². The van der Waals surface area contributed by atoms with Crippen LogP contribution in [0.25, 0.3) is 0 Å². The fraction of sp³-hybridized carbons (Fsp3) is 0.400. The molecule has 170 valence electrons. The van der Waals surface area contributed by atoms with E-state index in [0.29, 0.717) is 24.6 Å². The van der Waals surface area contributed by atoms with Crippen LogP contribution >= 0.6 is 0 Å². The Morgan fingerprint density at radius 3 is 2.56 bits per heavy atom. The van der Waals surface area contributed by atoms with E-state index in [0.717, 1.165) is 17.7 Å². The monoisotopic (exact) mass is 437 g/mol. The number of aryl methyl sites for hydroxylation is 1. The molecule has 1 aliphatic rings. The fourth-order valence-electron chi connectivity index (χ4n) is 3.94. The van der Waals surface area contributed by atoms with Crippen LogP contribution in [0, 0.1) is 12.8 Å². The van der Waals surface area contributed by atoms with Gasteiger partial charge in [-0.25, -0.2) is 0 Å². The van der Waals surface area contributed by atoms with E-state index in [-0.39, 0.29) is 37.2 Å². The first-order valence-electron chi connectivity index (χ1n) is 11.1. The molecular formula is C25H31N3O4. The summed E-state index contributed by atoms with van der Waals surface area (Å²) in [6, 6.07) is 14.9. The smallest absolute Gasteiger partial charge is 0.244 e. The number of para-hydroxylation sites is 3. The summed E-state index contributed by atoms with van der Waals surface area (Å²) >= 11 is 0. The van der Waals surface area contributed by atoms with Crippen molar-refractivity contribution in [1.29, 1.82) is 0 Å². The highest BCUT2D eigenvalue weighted by Crippen LogP contribution is 2.33. The molecule has 0 aliphatic carbocycles. The number of carbonyl (C=O) groups excluding carboxylic acids is 3. The first-order valence-corrected chi connectivity index (χ1v) is 11.1. The number of hydrogen-bond acceptors (Lipinski definition) is 4. The lowest BCUT2D eigenvalue weighted by Gasteiger charge is -2.25. The Morgan fingerprint density at radius 2 is 1.84 bits per heavy atom. The van der Waals surface area contributed by atoms with Gasteiger partial charge in [-0.1, -0.05) is 37.3 Å². The second-order valence-electron chi connectivity index (χ2n) is 7.93. The first kappa shape index (κ1) is 23.3. The quantitative estimate of drug-likeness (QED) is 0.650. The SMILES string of the molecule is CCCN(CC(=O)Nc1ccccc1C)C(=O)[C@H]1CC(=O)N(c2ccccc2OCC)C1. The van der Waals surface area contributed by atoms with Gasteiger partial charge in [0.15, 0.2) is 0 Å². The zero-order chi connectivity index (χ0) is 23.1. The third kappa shape index (κ3) is 5.46. The van der Waals surface area contributed by atoms with Crippen molar-refractivity contribution >= 4 is 29.1 Å². The highest BCUT2D eigenvalue weighted by molar-refractivity contribution is 6.02. The summed E-state index contributed by atoms with van der Waals surface area (Å²) in [5.74, 6) is -0.397. The highest BCUT2D eigenvalue weighted by atomic mass is 16.5. The summed E-state index contributed by atoms with van der Waals surface area (Å²) in [7, 11) is 0. The van der Waals surface area contributed by atoms with Crippen LogP contribution in [0.2, 0.25) is 0 Å². The molecule has 0 radical (unpaired) electrons. The van der Waals surface area contributed by atoms with E-state index >= 15 is 0 Å². The Bertz CT molecular complexity index is 975. The predicted octanol–water partition coefficient (Wildman–Crippen LogP) is 3.62. The van der Waals surface area contributed by atoms with Gasteiger partial charge >= 0.3 is 0 Å². The molecule has 0 aromatic heterocycles. The summed E-state index contributed by atoms with van der Waals surface area (Å²) in [6.07, 6.45) is 0.847. The average molecular weight is 438 g/mol. The molecule has 0 unspecified atom stereocenters. The molecule has 3 rings (SSSR count). The number of nitrogens with zero attached hydrogens (tertiary/aromatic N) is 2. The van der Waals surface area contributed by atoms with Crippen LogP contribution in [-0.2, 0) is 14.4 Å². The lowest BCUT2D eigenvalue weighted by Crippen LogP contribution is -2.42. The van der Waals surface area contributed by atoms with Gasteiger partial charge in [0.2, 0.25) is 17.7 Å². The standard InChI is InChI=1S/C25H31N3O4/c1-4-14-27(17-23(29)26-20-11-7-6-10-18(20)3)25(31)19-15-24(30)28(16-19)21-12-8-9-13-22(21)32-5-2/h6-13,19H,4-5,14-17H2,1-3H3,(H,26,29)/t19-/m0/s1. The molecule has 32 heavy (non-hydrogen) atoms. The third-order valence-corrected chi connectivity index (χ3v) is 5.49. The molecule has 1 fully saturated rings. The van der Waals surface area contributed by atoms with Crippen molar-refractivity contribution in [3.05, 3.63) is 54.1 Å². The minimum atomic E-state index is -0.491. The molecule has 2 aromatic rings. The molecule has 7 nitrogen and oxygen atoms in total. The minimum absolute atomic E-state index is 0.0404. The van der Waals surface area contributed by atoms with E-state index < -0.39 is 5.92 Å². The molecular weight excluding hydrogens is 406 g/mol. The summed E-state index contributed by atoms with van der Waals surface area (Å²) in [5, 5.41) is 2.88. The van der Waals surface area contributed by atoms with E-state index in [1.54, 1.807) is 9.80 Å². The summed E-state index contributed by atoms with van der Waals surface area (Å²) < 4.78 is 5.66. The minimum Gasteiger partial charge on any atom is -0.492 e. The Morgan fingerprint density at radius 1 is 1.12 bits per heavy atom. The number of ether oxygens (including phenoxy) is 1. The zero-order valence-corrected chi connectivity index (χ0v) is 19.0. The second kappa shape index (κ2) is 10.8. The summed E-state index contributed by atoms with van der Waals surface area (Å²) in [5.41, 5.74) is 2.37. The number of anilines is 2. The molecule has 7 heteroatoms. The van der Waals surface area contributed by atoms with Gasteiger partial charge < -0.3 is 19.9 Å². The fourth-order valence-corrected chi connectivity index (χ4v) is 3.94. The Hall–Kier alpha value is -3.35. The Kier molecular flexibility index (Phi) is 7.87. The van der Waals surface area contributed by atoms with Crippen LogP contribution in [0.1, 0.15) is 32.3 Å². The second-order valence-corrected chi connectivity index (χ2v) is 7.93. The van der Waals surface area contributed by atoms with Crippen LogP contribution < -0.4 is 15.0 Å². The lowest BCUT2D eigenvalue weighted by atomic mass is 10.1. The van der Waals surface area contributed by atoms with Crippen LogP contribution in [0.4, 0.5) is 11.4 Å². The topological polar surface area (TPSA) is 79.0 Å². The van der Waals surface area contributed by atoms with Crippen molar-refractivity contribution in [2.24, 2.45) is 5.92 Å². The summed E-state index contributed by atoms with van der Waals surface area (Å²) in [4.78, 5) is 41.8. The molecule has 3 amide bonds. The van der Waals surface area contributed by atoms with Crippen molar-refractivity contribution in [2.45, 2.75) is 33.6 Å². The average Bonchev–Trinajstić information content (AvgIpc) is 3.16. The maximum absolute atomic E-state index is 13.3. The number of rotatable bonds is 9. The number of carbonyl (C=O) groups is 3. The lowest BCUT2D eigenvalue weighted by molar-refractivity contribution is -0.138. The molecule has 1 N–H and O–H groups in total. The third-order valence-electron chi connectivity index (χ3n) is 5.49. The van der Waals surface area contributed by atoms with Gasteiger partial charge in [-0.05, 0) is 44.0 Å². The maximum atomic E-state index is 13.3. The van der Waals surface area contributed by atoms with Gasteiger partial charge in [0.05, 0.1) is 24.8 Å². The van der Waals surface area contributed by atoms with E-state index in [9.17, 15) is 14.4 Å². The summed E-state index contributed by atoms with van der Waals surface area (Å²) in [6.45, 7) is 6.96. The number of benzene rings is 2. The first-order chi connectivity index (χ1) is 15.4. The van der Waals surface area contributed by atoms with E-state index in [2.05, 4.69) is 5.32 Å². The molecule has 0 spiro atoms. The predicted molar refractivity (Wildman–Crippen MR) is 125 cm³/mol. The van der Waals surface area contributed by atoms with Crippen molar-refractivity contribution in [1.82, 2.24) is 4.90 Å². The van der Waals surface area contributed by atoms with Gasteiger partial charge in [0.1, 0.15) is 5.75 Å². The highest BCUT2D eigenvalue weighted by Gasteiger charge is 2.38. The van der Waals surface area contributed by atoms with Crippen LogP contribution in [0.3, 0.4) is 0 Å². The number of hydrogen-bond donors (Lipinski definition) is 1. The van der Waals surface area contributed by atoms with Gasteiger partial charge in [0.25, 0.3) is 0 Å². The van der Waals surface area contributed by atoms with Gasteiger partial charge in [-0.2, -0.15) is 0 Å². The van der Waals surface area contributed by atoms with Gasteiger partial charge in [0, 0.05) is 25.2 Å². The van der Waals surface area contributed by atoms with Crippen molar-refractivity contribution in [2.75, 3.05) is 36.5 Å². The Balaban J connectivity index is 1.69. The van der Waals surface area contributed by atoms with Crippen LogP contribution in [0.5, 0.6) is 5.75 Å². The van der Waals surface area contributed by atoms with Crippen LogP contribution in [0.15, 0.2) is 48.5 Å². The van der Waals surface area contributed by atoms with Crippen molar-refractivity contribution < 1.29 is 19.1 Å². The molecule has 0 saturated carbocycles. The van der Waals surface area contributed by atoms with E-state index in [4.69, 9.17) is 4.74 Å². The molecule has 1 saturated heterocycles. The number of amides is 3. The largest absolute Gasteiger partial charge is 0.492 e. The normalized spacial score (nSPS) is 15.5. The van der Waals surface area contributed by atoms with Crippen molar-refractivity contribution in [3.8, 4) is 5.75 Å². The number of nitrogens with one attached hydrogen (secondary N) is 1. The molecule has 2 aromatic carbocycles. The van der Waals surface area contributed by atoms with E-state index in [1.807, 2.05) is 69.3 Å². The maximum Gasteiger partial charge on any atom is 0.244 e. The molecule has 1 aliphatic heterocycles. The van der Waals surface area contributed by atoms with Crippen LogP contribution in [-0.4, -0.2) is 48.9 Å². The van der Waals surface area contributed by atoms with Gasteiger partial charge in [-0.15, -0.1) is 0 Å². The molecule has 1 heterocycles. The van der Waals surface area contributed by atoms with Gasteiger partial charge in [-0.3, -0.25) is 14.4 Å². The molecule has 1 atom stereocenters. The molecule has 0 bridgehead atoms. The zero-order valence-electron chi connectivity index (χ0n) is 19.0.